The zero-order valence-electron chi connectivity index (χ0n) is 17.4. The van der Waals surface area contributed by atoms with Crippen LogP contribution in [0.1, 0.15) is 22.3 Å². The summed E-state index contributed by atoms with van der Waals surface area (Å²) in [5, 5.41) is 5.79. The van der Waals surface area contributed by atoms with Gasteiger partial charge in [0.1, 0.15) is 17.1 Å². The molecule has 0 spiro atoms. The summed E-state index contributed by atoms with van der Waals surface area (Å²) in [6, 6.07) is 9.18. The van der Waals surface area contributed by atoms with Crippen LogP contribution in [0.4, 0.5) is 0 Å². The molecule has 168 valence electrons. The minimum Gasteiger partial charge on any atom is -0.496 e. The molecule has 0 radical (unpaired) electrons. The molecular formula is C24H18Cl2N2O5. The van der Waals surface area contributed by atoms with Crippen LogP contribution in [-0.4, -0.2) is 36.1 Å². The van der Waals surface area contributed by atoms with E-state index >= 15 is 0 Å². The third-order valence-electron chi connectivity index (χ3n) is 6.32. The third-order valence-corrected chi connectivity index (χ3v) is 6.79. The maximum atomic E-state index is 12.8. The summed E-state index contributed by atoms with van der Waals surface area (Å²) >= 11 is 12.1. The van der Waals surface area contributed by atoms with Crippen molar-refractivity contribution < 1.29 is 23.9 Å². The van der Waals surface area contributed by atoms with Crippen molar-refractivity contribution >= 4 is 47.2 Å². The molecule has 2 aromatic rings. The van der Waals surface area contributed by atoms with Gasteiger partial charge in [0, 0.05) is 15.6 Å². The fourth-order valence-corrected chi connectivity index (χ4v) is 5.18. The summed E-state index contributed by atoms with van der Waals surface area (Å²) < 4.78 is 10.8. The van der Waals surface area contributed by atoms with Gasteiger partial charge in [-0.1, -0.05) is 35.4 Å². The summed E-state index contributed by atoms with van der Waals surface area (Å²) in [5.74, 6) is -1.37. The lowest BCUT2D eigenvalue weighted by atomic mass is 9.85. The van der Waals surface area contributed by atoms with Gasteiger partial charge in [-0.15, -0.1) is 0 Å². The number of nitrogens with zero attached hydrogens (tertiary/aromatic N) is 2. The van der Waals surface area contributed by atoms with Gasteiger partial charge in [0.25, 0.3) is 11.8 Å². The smallest absolute Gasteiger partial charge is 0.347 e. The Bertz CT molecular complexity index is 1210. The van der Waals surface area contributed by atoms with Gasteiger partial charge in [-0.2, -0.15) is 10.1 Å². The van der Waals surface area contributed by atoms with Gasteiger partial charge in [0.15, 0.2) is 0 Å². The van der Waals surface area contributed by atoms with Crippen molar-refractivity contribution in [1.82, 2.24) is 5.01 Å². The molecule has 1 heterocycles. The van der Waals surface area contributed by atoms with E-state index in [0.29, 0.717) is 21.4 Å². The molecule has 7 nitrogen and oxygen atoms in total. The van der Waals surface area contributed by atoms with Crippen molar-refractivity contribution in [1.29, 1.82) is 0 Å². The highest BCUT2D eigenvalue weighted by molar-refractivity contribution is 6.31. The molecule has 33 heavy (non-hydrogen) atoms. The highest BCUT2D eigenvalue weighted by Gasteiger charge is 2.59. The van der Waals surface area contributed by atoms with Crippen molar-refractivity contribution in [3.63, 3.8) is 0 Å². The van der Waals surface area contributed by atoms with Gasteiger partial charge in [0.05, 0.1) is 25.2 Å². The minimum absolute atomic E-state index is 0.0898. The summed E-state index contributed by atoms with van der Waals surface area (Å²) in [6.07, 6.45) is 6.17. The van der Waals surface area contributed by atoms with E-state index in [0.717, 1.165) is 11.4 Å². The van der Waals surface area contributed by atoms with Crippen LogP contribution in [0, 0.1) is 23.7 Å². The number of fused-ring (bicyclic) bond motifs is 5. The van der Waals surface area contributed by atoms with Crippen molar-refractivity contribution in [3.8, 4) is 11.5 Å². The number of imide groups is 1. The molecule has 1 saturated heterocycles. The highest BCUT2D eigenvalue weighted by atomic mass is 35.5. The number of benzene rings is 2. The van der Waals surface area contributed by atoms with Crippen LogP contribution in [-0.2, 0) is 9.59 Å². The first-order valence-electron chi connectivity index (χ1n) is 10.3. The van der Waals surface area contributed by atoms with Crippen LogP contribution < -0.4 is 9.47 Å². The van der Waals surface area contributed by atoms with Gasteiger partial charge in [-0.25, -0.2) is 4.79 Å². The highest BCUT2D eigenvalue weighted by Crippen LogP contribution is 2.52. The molecule has 5 rings (SSSR count). The second-order valence-electron chi connectivity index (χ2n) is 8.15. The molecule has 1 aliphatic heterocycles. The lowest BCUT2D eigenvalue weighted by molar-refractivity contribution is -0.140. The van der Waals surface area contributed by atoms with Gasteiger partial charge < -0.3 is 9.47 Å². The maximum Gasteiger partial charge on any atom is 0.347 e. The van der Waals surface area contributed by atoms with Crippen LogP contribution in [0.2, 0.25) is 10.0 Å². The lowest BCUT2D eigenvalue weighted by Gasteiger charge is -2.13. The van der Waals surface area contributed by atoms with E-state index in [2.05, 4.69) is 5.10 Å². The van der Waals surface area contributed by atoms with Gasteiger partial charge >= 0.3 is 5.97 Å². The number of hydrazone groups is 1. The number of ether oxygens (including phenoxy) is 2. The SMILES string of the molecule is COc1ccc(Cl)cc1C(=O)Oc1ccc(Cl)cc1C=NN1C(=O)[C@@H]2[C@H](C1=O)[C@H]1C=C[C@H]2C1. The first-order valence-corrected chi connectivity index (χ1v) is 11.1. The predicted molar refractivity (Wildman–Crippen MR) is 122 cm³/mol. The first-order chi connectivity index (χ1) is 15.9. The lowest BCUT2D eigenvalue weighted by Crippen LogP contribution is -2.28. The van der Waals surface area contributed by atoms with Crippen LogP contribution in [0.3, 0.4) is 0 Å². The van der Waals surface area contributed by atoms with Gasteiger partial charge in [-0.05, 0) is 54.7 Å². The van der Waals surface area contributed by atoms with E-state index < -0.39 is 5.97 Å². The average Bonchev–Trinajstić information content (AvgIpc) is 3.48. The Morgan fingerprint density at radius 3 is 2.24 bits per heavy atom. The van der Waals surface area contributed by atoms with Gasteiger partial charge in [-0.3, -0.25) is 9.59 Å². The number of carbonyl (C=O) groups is 3. The van der Waals surface area contributed by atoms with E-state index in [-0.39, 0.29) is 46.8 Å². The summed E-state index contributed by atoms with van der Waals surface area (Å²) in [6.45, 7) is 0. The number of rotatable bonds is 5. The molecule has 1 saturated carbocycles. The molecular weight excluding hydrogens is 467 g/mol. The second-order valence-corrected chi connectivity index (χ2v) is 9.02. The topological polar surface area (TPSA) is 85.3 Å². The van der Waals surface area contributed by atoms with Crippen LogP contribution in [0.5, 0.6) is 11.5 Å². The quantitative estimate of drug-likeness (QED) is 0.207. The Morgan fingerprint density at radius 2 is 1.61 bits per heavy atom. The monoisotopic (exact) mass is 484 g/mol. The molecule has 3 aliphatic rings. The third kappa shape index (κ3) is 3.71. The molecule has 4 atom stereocenters. The number of halogens is 2. The summed E-state index contributed by atoms with van der Waals surface area (Å²) in [4.78, 5) is 38.5. The van der Waals surface area contributed by atoms with E-state index in [1.54, 1.807) is 18.2 Å². The van der Waals surface area contributed by atoms with Crippen molar-refractivity contribution in [2.24, 2.45) is 28.8 Å². The minimum atomic E-state index is -0.697. The standard InChI is InChI=1S/C24H18Cl2N2O5/c1-32-19-7-5-16(26)10-17(19)24(31)33-18-6-4-15(25)9-14(18)11-27-28-22(29)20-12-2-3-13(8-12)21(20)23(28)30/h2-7,9-13,20-21H,8H2,1H3/t12-,13-,20-,21+/m0/s1. The zero-order valence-corrected chi connectivity index (χ0v) is 18.9. The Kier molecular flexibility index (Phi) is 5.46. The second kappa shape index (κ2) is 8.32. The average molecular weight is 485 g/mol. The molecule has 0 aromatic heterocycles. The van der Waals surface area contributed by atoms with Crippen LogP contribution in [0.15, 0.2) is 53.7 Å². The molecule has 2 aliphatic carbocycles. The number of hydrogen-bond donors (Lipinski definition) is 0. The van der Waals surface area contributed by atoms with Crippen molar-refractivity contribution in [2.75, 3.05) is 7.11 Å². The van der Waals surface area contributed by atoms with Gasteiger partial charge in [0.2, 0.25) is 0 Å². The molecule has 9 heteroatoms. The summed E-state index contributed by atoms with van der Waals surface area (Å²) in [5.41, 5.74) is 0.471. The first kappa shape index (κ1) is 21.7. The molecule has 2 bridgehead atoms. The van der Waals surface area contributed by atoms with E-state index in [4.69, 9.17) is 32.7 Å². The summed E-state index contributed by atoms with van der Waals surface area (Å²) in [7, 11) is 1.43. The molecule has 2 amide bonds. The Labute approximate surface area is 199 Å². The number of allylic oxidation sites excluding steroid dienone is 2. The number of esters is 1. The Hall–Kier alpha value is -3.16. The Morgan fingerprint density at radius 1 is 1.00 bits per heavy atom. The number of amides is 2. The molecule has 0 N–H and O–H groups in total. The Balaban J connectivity index is 1.40. The number of hydrogen-bond acceptors (Lipinski definition) is 6. The van der Waals surface area contributed by atoms with Crippen LogP contribution >= 0.6 is 23.2 Å². The fourth-order valence-electron chi connectivity index (χ4n) is 4.83. The maximum absolute atomic E-state index is 12.8. The molecule has 0 unspecified atom stereocenters. The van der Waals surface area contributed by atoms with Crippen LogP contribution in [0.25, 0.3) is 0 Å². The van der Waals surface area contributed by atoms with E-state index in [9.17, 15) is 14.4 Å². The van der Waals surface area contributed by atoms with Crippen molar-refractivity contribution in [2.45, 2.75) is 6.42 Å². The normalized spacial score (nSPS) is 25.2. The number of carbonyl (C=O) groups excluding carboxylic acids is 3. The fraction of sp³-hybridized carbons (Fsp3) is 0.250. The number of methoxy groups -OCH3 is 1. The molecule has 2 fully saturated rings. The zero-order chi connectivity index (χ0) is 23.3. The van der Waals surface area contributed by atoms with E-state index in [1.165, 1.54) is 31.5 Å². The van der Waals surface area contributed by atoms with Crippen molar-refractivity contribution in [3.05, 3.63) is 69.7 Å². The largest absolute Gasteiger partial charge is 0.496 e. The van der Waals surface area contributed by atoms with E-state index in [1.807, 2.05) is 12.2 Å². The predicted octanol–water partition coefficient (Wildman–Crippen LogP) is 4.36. The molecule has 2 aromatic carbocycles.